The van der Waals surface area contributed by atoms with Gasteiger partial charge in [0.05, 0.1) is 18.1 Å². The molecule has 0 spiro atoms. The van der Waals surface area contributed by atoms with Crippen molar-refractivity contribution in [2.24, 2.45) is 0 Å². The van der Waals surface area contributed by atoms with Gasteiger partial charge in [-0.15, -0.1) is 0 Å². The third-order valence-corrected chi connectivity index (χ3v) is 4.51. The molecule has 8 nitrogen and oxygen atoms in total. The highest BCUT2D eigenvalue weighted by molar-refractivity contribution is 7.87. The van der Waals surface area contributed by atoms with Crippen molar-refractivity contribution in [3.8, 4) is 5.75 Å². The quantitative estimate of drug-likeness (QED) is 0.671. The molecule has 0 saturated heterocycles. The normalized spacial score (nSPS) is 11.3. The molecule has 3 rings (SSSR count). The molecular formula is C15H11F2N3O5S. The number of anilines is 1. The number of halogens is 2. The van der Waals surface area contributed by atoms with Crippen LogP contribution in [0.3, 0.4) is 0 Å². The lowest BCUT2D eigenvalue weighted by Gasteiger charge is -2.07. The first-order chi connectivity index (χ1) is 12.3. The zero-order valence-electron chi connectivity index (χ0n) is 13.1. The topological polar surface area (TPSA) is 110 Å². The molecule has 0 fully saturated rings. The van der Waals surface area contributed by atoms with Crippen LogP contribution >= 0.6 is 0 Å². The molecule has 1 aromatic heterocycles. The average Bonchev–Trinajstić information content (AvgIpc) is 2.95. The highest BCUT2D eigenvalue weighted by Gasteiger charge is 2.22. The van der Waals surface area contributed by atoms with Crippen molar-refractivity contribution in [3.63, 3.8) is 0 Å². The molecule has 11 heteroatoms. The Morgan fingerprint density at radius 3 is 2.65 bits per heavy atom. The van der Waals surface area contributed by atoms with Gasteiger partial charge in [0.1, 0.15) is 22.3 Å². The Morgan fingerprint density at radius 1 is 1.19 bits per heavy atom. The molecule has 0 atom stereocenters. The van der Waals surface area contributed by atoms with Crippen molar-refractivity contribution in [1.29, 1.82) is 0 Å². The zero-order chi connectivity index (χ0) is 18.9. The number of hydrogen-bond donors (Lipinski definition) is 2. The second-order valence-electron chi connectivity index (χ2n) is 4.99. The maximum atomic E-state index is 13.7. The number of carbonyl (C=O) groups excluding carboxylic acids is 1. The summed E-state index contributed by atoms with van der Waals surface area (Å²) in [5, 5.41) is 2.32. The third-order valence-electron chi connectivity index (χ3n) is 3.23. The van der Waals surface area contributed by atoms with Crippen molar-refractivity contribution < 1.29 is 30.9 Å². The Labute approximate surface area is 145 Å². The number of H-pyrrole nitrogens is 1. The molecule has 0 saturated carbocycles. The van der Waals surface area contributed by atoms with Crippen LogP contribution in [0, 0.1) is 11.6 Å². The van der Waals surface area contributed by atoms with E-state index in [4.69, 9.17) is 4.18 Å². The first-order valence-electron chi connectivity index (χ1n) is 7.03. The standard InChI is InChI=1S/C15H11F2N3O5S/c1-24-15(21)20-14-18-11-4-3-9(7-12(11)19-14)25-26(22,23)13-5-2-8(16)6-10(13)17/h2-7H,1H3,(H2,18,19,20,21). The summed E-state index contributed by atoms with van der Waals surface area (Å²) >= 11 is 0. The van der Waals surface area contributed by atoms with E-state index in [1.165, 1.54) is 25.3 Å². The van der Waals surface area contributed by atoms with Crippen LogP contribution in [0.2, 0.25) is 0 Å². The number of nitrogens with one attached hydrogen (secondary N) is 2. The molecule has 0 radical (unpaired) electrons. The molecule has 0 aliphatic heterocycles. The van der Waals surface area contributed by atoms with Crippen molar-refractivity contribution in [3.05, 3.63) is 48.0 Å². The number of methoxy groups -OCH3 is 1. The van der Waals surface area contributed by atoms with Crippen LogP contribution in [0.15, 0.2) is 41.3 Å². The van der Waals surface area contributed by atoms with E-state index in [0.717, 1.165) is 12.1 Å². The summed E-state index contributed by atoms with van der Waals surface area (Å²) in [6.45, 7) is 0. The van der Waals surface area contributed by atoms with E-state index in [2.05, 4.69) is 20.0 Å². The van der Waals surface area contributed by atoms with Gasteiger partial charge in [-0.3, -0.25) is 5.32 Å². The second-order valence-corrected chi connectivity index (χ2v) is 6.51. The van der Waals surface area contributed by atoms with Gasteiger partial charge >= 0.3 is 16.2 Å². The number of ether oxygens (including phenoxy) is 1. The van der Waals surface area contributed by atoms with Gasteiger partial charge < -0.3 is 13.9 Å². The number of benzene rings is 2. The highest BCUT2D eigenvalue weighted by atomic mass is 32.2. The van der Waals surface area contributed by atoms with Crippen LogP contribution in [-0.4, -0.2) is 31.6 Å². The first kappa shape index (κ1) is 17.6. The predicted molar refractivity (Wildman–Crippen MR) is 86.3 cm³/mol. The number of aromatic amines is 1. The molecule has 1 heterocycles. The van der Waals surface area contributed by atoms with Crippen LogP contribution in [0.25, 0.3) is 11.0 Å². The molecule has 0 bridgehead atoms. The Hall–Kier alpha value is -3.21. The molecular weight excluding hydrogens is 372 g/mol. The van der Waals surface area contributed by atoms with Gasteiger partial charge in [0.2, 0.25) is 5.95 Å². The van der Waals surface area contributed by atoms with E-state index in [9.17, 15) is 22.0 Å². The van der Waals surface area contributed by atoms with E-state index in [1.807, 2.05) is 0 Å². The van der Waals surface area contributed by atoms with Gasteiger partial charge in [0.15, 0.2) is 0 Å². The third kappa shape index (κ3) is 3.57. The van der Waals surface area contributed by atoms with Crippen molar-refractivity contribution >= 4 is 33.2 Å². The molecule has 136 valence electrons. The summed E-state index contributed by atoms with van der Waals surface area (Å²) in [5.41, 5.74) is 0.762. The number of rotatable bonds is 4. The first-order valence-corrected chi connectivity index (χ1v) is 8.43. The van der Waals surface area contributed by atoms with Gasteiger partial charge in [-0.25, -0.2) is 18.6 Å². The fourth-order valence-corrected chi connectivity index (χ4v) is 3.08. The minimum Gasteiger partial charge on any atom is -0.453 e. The monoisotopic (exact) mass is 383 g/mol. The fraction of sp³-hybridized carbons (Fsp3) is 0.0667. The van der Waals surface area contributed by atoms with Crippen molar-refractivity contribution in [1.82, 2.24) is 9.97 Å². The maximum Gasteiger partial charge on any atom is 0.413 e. The number of amides is 1. The molecule has 2 N–H and O–H groups in total. The summed E-state index contributed by atoms with van der Waals surface area (Å²) < 4.78 is 60.3. The SMILES string of the molecule is COC(=O)Nc1nc2ccc(OS(=O)(=O)c3ccc(F)cc3F)cc2[nH]1. The maximum absolute atomic E-state index is 13.7. The van der Waals surface area contributed by atoms with Crippen LogP contribution < -0.4 is 9.50 Å². The summed E-state index contributed by atoms with van der Waals surface area (Å²) in [6, 6.07) is 6.04. The lowest BCUT2D eigenvalue weighted by molar-refractivity contribution is 0.186. The molecule has 0 aliphatic rings. The van der Waals surface area contributed by atoms with E-state index in [-0.39, 0.29) is 11.7 Å². The van der Waals surface area contributed by atoms with E-state index in [0.29, 0.717) is 17.1 Å². The Bertz CT molecular complexity index is 1100. The summed E-state index contributed by atoms with van der Waals surface area (Å²) in [4.78, 5) is 17.1. The minimum atomic E-state index is -4.51. The number of nitrogens with zero attached hydrogens (tertiary/aromatic N) is 1. The smallest absolute Gasteiger partial charge is 0.413 e. The number of aromatic nitrogens is 2. The number of carbonyl (C=O) groups is 1. The molecule has 0 aliphatic carbocycles. The van der Waals surface area contributed by atoms with Crippen LogP contribution in [0.1, 0.15) is 0 Å². The molecule has 1 amide bonds. The number of fused-ring (bicyclic) bond motifs is 1. The lowest BCUT2D eigenvalue weighted by atomic mass is 10.3. The van der Waals surface area contributed by atoms with Crippen LogP contribution in [-0.2, 0) is 14.9 Å². The van der Waals surface area contributed by atoms with E-state index in [1.54, 1.807) is 0 Å². The fourth-order valence-electron chi connectivity index (χ4n) is 2.10. The van der Waals surface area contributed by atoms with Gasteiger partial charge in [0.25, 0.3) is 0 Å². The van der Waals surface area contributed by atoms with Gasteiger partial charge in [0, 0.05) is 12.1 Å². The van der Waals surface area contributed by atoms with E-state index < -0.39 is 32.7 Å². The Kier molecular flexibility index (Phi) is 4.47. The second kappa shape index (κ2) is 6.59. The zero-order valence-corrected chi connectivity index (χ0v) is 13.9. The lowest BCUT2D eigenvalue weighted by Crippen LogP contribution is -2.12. The van der Waals surface area contributed by atoms with Gasteiger partial charge in [-0.1, -0.05) is 0 Å². The predicted octanol–water partition coefficient (Wildman–Crippen LogP) is 2.79. The largest absolute Gasteiger partial charge is 0.453 e. The van der Waals surface area contributed by atoms with Gasteiger partial charge in [-0.2, -0.15) is 8.42 Å². The van der Waals surface area contributed by atoms with Crippen molar-refractivity contribution in [2.45, 2.75) is 4.90 Å². The Morgan fingerprint density at radius 2 is 1.96 bits per heavy atom. The summed E-state index contributed by atoms with van der Waals surface area (Å²) in [7, 11) is -3.33. The number of imidazole rings is 1. The minimum absolute atomic E-state index is 0.0800. The van der Waals surface area contributed by atoms with Crippen LogP contribution in [0.5, 0.6) is 5.75 Å². The molecule has 26 heavy (non-hydrogen) atoms. The van der Waals surface area contributed by atoms with Gasteiger partial charge in [-0.05, 0) is 24.3 Å². The van der Waals surface area contributed by atoms with Crippen molar-refractivity contribution in [2.75, 3.05) is 12.4 Å². The molecule has 3 aromatic rings. The van der Waals surface area contributed by atoms with E-state index >= 15 is 0 Å². The summed E-state index contributed by atoms with van der Waals surface area (Å²) in [6.07, 6.45) is -0.741. The Balaban J connectivity index is 1.89. The van der Waals surface area contributed by atoms with Crippen LogP contribution in [0.4, 0.5) is 19.5 Å². The average molecular weight is 383 g/mol. The number of hydrogen-bond acceptors (Lipinski definition) is 6. The summed E-state index contributed by atoms with van der Waals surface area (Å²) in [5.74, 6) is -2.23. The highest BCUT2D eigenvalue weighted by Crippen LogP contribution is 2.25. The molecule has 0 unspecified atom stereocenters. The molecule has 2 aromatic carbocycles.